The van der Waals surface area contributed by atoms with E-state index in [1.165, 1.54) is 5.69 Å². The Balaban J connectivity index is 2.23. The molecule has 18 heavy (non-hydrogen) atoms. The smallest absolute Gasteiger partial charge is 0.0568 e. The van der Waals surface area contributed by atoms with Crippen LogP contribution in [0, 0.1) is 0 Å². The highest BCUT2D eigenvalue weighted by Gasteiger charge is 2.26. The van der Waals surface area contributed by atoms with Crippen LogP contribution in [0.25, 0.3) is 0 Å². The van der Waals surface area contributed by atoms with E-state index in [0.717, 1.165) is 35.4 Å². The molecule has 0 aromatic heterocycles. The van der Waals surface area contributed by atoms with Crippen molar-refractivity contribution < 1.29 is 0 Å². The lowest BCUT2D eigenvalue weighted by atomic mass is 10.0. The van der Waals surface area contributed by atoms with E-state index in [9.17, 15) is 0 Å². The Bertz CT molecular complexity index is 411. The average molecular weight is 332 g/mol. The molecule has 1 saturated heterocycles. The van der Waals surface area contributed by atoms with Crippen LogP contribution in [0.2, 0.25) is 5.02 Å². The quantitative estimate of drug-likeness (QED) is 0.898. The molecule has 0 bridgehead atoms. The predicted octanol–water partition coefficient (Wildman–Crippen LogP) is 4.07. The van der Waals surface area contributed by atoms with Gasteiger partial charge in [0, 0.05) is 35.3 Å². The number of halogens is 2. The molecule has 1 aliphatic rings. The van der Waals surface area contributed by atoms with E-state index < -0.39 is 0 Å². The highest BCUT2D eigenvalue weighted by Crippen LogP contribution is 2.30. The molecular formula is C14H20BrClN2. The second kappa shape index (κ2) is 6.27. The number of rotatable bonds is 3. The second-order valence-electron chi connectivity index (χ2n) is 4.83. The van der Waals surface area contributed by atoms with E-state index in [1.54, 1.807) is 0 Å². The van der Waals surface area contributed by atoms with Crippen molar-refractivity contribution in [2.24, 2.45) is 0 Å². The van der Waals surface area contributed by atoms with Crippen molar-refractivity contribution in [3.8, 4) is 0 Å². The minimum Gasteiger partial charge on any atom is -0.366 e. The highest BCUT2D eigenvalue weighted by atomic mass is 79.9. The summed E-state index contributed by atoms with van der Waals surface area (Å²) in [6.07, 6.45) is 2.31. The Labute approximate surface area is 123 Å². The van der Waals surface area contributed by atoms with Crippen LogP contribution in [0.5, 0.6) is 0 Å². The summed E-state index contributed by atoms with van der Waals surface area (Å²) in [7, 11) is 0. The van der Waals surface area contributed by atoms with Crippen molar-refractivity contribution in [2.75, 3.05) is 18.0 Å². The van der Waals surface area contributed by atoms with Gasteiger partial charge in [-0.05, 0) is 47.0 Å². The summed E-state index contributed by atoms with van der Waals surface area (Å²) in [6, 6.07) is 7.39. The monoisotopic (exact) mass is 330 g/mol. The fourth-order valence-corrected chi connectivity index (χ4v) is 2.90. The number of hydrogen-bond acceptors (Lipinski definition) is 2. The van der Waals surface area contributed by atoms with Gasteiger partial charge < -0.3 is 10.2 Å². The summed E-state index contributed by atoms with van der Waals surface area (Å²) in [4.78, 5) is 2.49. The third kappa shape index (κ3) is 3.01. The van der Waals surface area contributed by atoms with Crippen LogP contribution >= 0.6 is 27.5 Å². The van der Waals surface area contributed by atoms with Gasteiger partial charge in [0.05, 0.1) is 5.02 Å². The number of benzene rings is 1. The maximum atomic E-state index is 6.21. The van der Waals surface area contributed by atoms with E-state index in [-0.39, 0.29) is 0 Å². The van der Waals surface area contributed by atoms with E-state index >= 15 is 0 Å². The van der Waals surface area contributed by atoms with Crippen LogP contribution in [-0.2, 0) is 0 Å². The first-order chi connectivity index (χ1) is 8.65. The lowest BCUT2D eigenvalue weighted by Gasteiger charge is -2.41. The largest absolute Gasteiger partial charge is 0.366 e. The fraction of sp³-hybridized carbons (Fsp3) is 0.571. The molecule has 1 heterocycles. The number of nitrogens with one attached hydrogen (secondary N) is 1. The summed E-state index contributed by atoms with van der Waals surface area (Å²) in [5.41, 5.74) is 1.23. The van der Waals surface area contributed by atoms with Gasteiger partial charge in [-0.25, -0.2) is 0 Å². The molecule has 1 aromatic rings. The molecule has 1 aliphatic heterocycles. The van der Waals surface area contributed by atoms with Gasteiger partial charge in [-0.2, -0.15) is 0 Å². The standard InChI is InChI=1S/C14H20BrClN2/c1-3-10-9-18(11(4-2)8-17-10)12-5-6-13(15)14(16)7-12/h5-7,10-11,17H,3-4,8-9H2,1-2H3. The third-order valence-electron chi connectivity index (χ3n) is 3.70. The van der Waals surface area contributed by atoms with Gasteiger partial charge in [0.1, 0.15) is 0 Å². The molecule has 100 valence electrons. The van der Waals surface area contributed by atoms with E-state index in [4.69, 9.17) is 11.6 Å². The van der Waals surface area contributed by atoms with Gasteiger partial charge in [-0.1, -0.05) is 25.4 Å². The Kier molecular flexibility index (Phi) is 4.93. The molecule has 0 amide bonds. The van der Waals surface area contributed by atoms with E-state index in [0.29, 0.717) is 12.1 Å². The zero-order chi connectivity index (χ0) is 13.1. The molecule has 1 N–H and O–H groups in total. The third-order valence-corrected chi connectivity index (χ3v) is 4.93. The van der Waals surface area contributed by atoms with Crippen LogP contribution < -0.4 is 10.2 Å². The summed E-state index contributed by atoms with van der Waals surface area (Å²) in [5.74, 6) is 0. The molecule has 4 heteroatoms. The molecule has 1 aromatic carbocycles. The van der Waals surface area contributed by atoms with Crippen molar-refractivity contribution in [1.29, 1.82) is 0 Å². The fourth-order valence-electron chi connectivity index (χ4n) is 2.48. The number of hydrogen-bond donors (Lipinski definition) is 1. The molecule has 1 fully saturated rings. The molecule has 2 rings (SSSR count). The molecule has 2 unspecified atom stereocenters. The Morgan fingerprint density at radius 1 is 1.39 bits per heavy atom. The summed E-state index contributed by atoms with van der Waals surface area (Å²) in [5, 5.41) is 4.40. The number of anilines is 1. The van der Waals surface area contributed by atoms with Gasteiger partial charge in [-0.3, -0.25) is 0 Å². The van der Waals surface area contributed by atoms with Crippen LogP contribution in [0.15, 0.2) is 22.7 Å². The highest BCUT2D eigenvalue weighted by molar-refractivity contribution is 9.10. The first kappa shape index (κ1) is 14.2. The topological polar surface area (TPSA) is 15.3 Å². The first-order valence-electron chi connectivity index (χ1n) is 6.60. The van der Waals surface area contributed by atoms with Crippen molar-refractivity contribution in [2.45, 2.75) is 38.8 Å². The average Bonchev–Trinajstić information content (AvgIpc) is 2.41. The van der Waals surface area contributed by atoms with Crippen molar-refractivity contribution >= 4 is 33.2 Å². The number of piperazine rings is 1. The Hall–Kier alpha value is -0.250. The minimum absolute atomic E-state index is 0.560. The van der Waals surface area contributed by atoms with Crippen LogP contribution in [0.3, 0.4) is 0 Å². The molecule has 2 atom stereocenters. The van der Waals surface area contributed by atoms with Gasteiger partial charge in [0.25, 0.3) is 0 Å². The minimum atomic E-state index is 0.560. The SMILES string of the molecule is CCC1CN(c2ccc(Br)c(Cl)c2)C(CC)CN1. The van der Waals surface area contributed by atoms with Gasteiger partial charge in [0.2, 0.25) is 0 Å². The Morgan fingerprint density at radius 2 is 2.17 bits per heavy atom. The van der Waals surface area contributed by atoms with Crippen molar-refractivity contribution in [1.82, 2.24) is 5.32 Å². The zero-order valence-corrected chi connectivity index (χ0v) is 13.3. The van der Waals surface area contributed by atoms with Crippen LogP contribution in [0.1, 0.15) is 26.7 Å². The summed E-state index contributed by atoms with van der Waals surface area (Å²) < 4.78 is 0.961. The maximum Gasteiger partial charge on any atom is 0.0568 e. The molecule has 2 nitrogen and oxygen atoms in total. The lowest BCUT2D eigenvalue weighted by Crippen LogP contribution is -2.56. The van der Waals surface area contributed by atoms with Gasteiger partial charge in [0.15, 0.2) is 0 Å². The second-order valence-corrected chi connectivity index (χ2v) is 6.09. The molecule has 0 radical (unpaired) electrons. The van der Waals surface area contributed by atoms with Crippen molar-refractivity contribution in [3.05, 3.63) is 27.7 Å². The van der Waals surface area contributed by atoms with E-state index in [2.05, 4.69) is 52.1 Å². The molecular weight excluding hydrogens is 312 g/mol. The van der Waals surface area contributed by atoms with Gasteiger partial charge in [-0.15, -0.1) is 0 Å². The molecule has 0 aliphatic carbocycles. The maximum absolute atomic E-state index is 6.21. The Morgan fingerprint density at radius 3 is 2.78 bits per heavy atom. The first-order valence-corrected chi connectivity index (χ1v) is 7.77. The van der Waals surface area contributed by atoms with E-state index in [1.807, 2.05) is 6.07 Å². The number of nitrogens with zero attached hydrogens (tertiary/aromatic N) is 1. The normalized spacial score (nSPS) is 24.3. The van der Waals surface area contributed by atoms with Crippen LogP contribution in [0.4, 0.5) is 5.69 Å². The zero-order valence-electron chi connectivity index (χ0n) is 10.9. The van der Waals surface area contributed by atoms with Crippen LogP contribution in [-0.4, -0.2) is 25.2 Å². The predicted molar refractivity (Wildman–Crippen MR) is 82.7 cm³/mol. The van der Waals surface area contributed by atoms with Gasteiger partial charge >= 0.3 is 0 Å². The molecule has 0 saturated carbocycles. The summed E-state index contributed by atoms with van der Waals surface area (Å²) in [6.45, 7) is 6.60. The molecule has 0 spiro atoms. The summed E-state index contributed by atoms with van der Waals surface area (Å²) >= 11 is 9.65. The van der Waals surface area contributed by atoms with Crippen molar-refractivity contribution in [3.63, 3.8) is 0 Å². The lowest BCUT2D eigenvalue weighted by molar-refractivity contribution is 0.379.